The first-order chi connectivity index (χ1) is 7.80. The molecule has 16 heavy (non-hydrogen) atoms. The van der Waals surface area contributed by atoms with Gasteiger partial charge in [0, 0.05) is 11.3 Å². The maximum absolute atomic E-state index is 11.5. The minimum atomic E-state index is 0.200. The minimum Gasteiger partial charge on any atom is -0.373 e. The van der Waals surface area contributed by atoms with E-state index in [4.69, 9.17) is 4.74 Å². The molecule has 3 rings (SSSR count). The number of benzene rings is 1. The second-order valence-electron chi connectivity index (χ2n) is 5.06. The van der Waals surface area contributed by atoms with Gasteiger partial charge in [0.25, 0.3) is 0 Å². The maximum Gasteiger partial charge on any atom is 0.162 e. The molecule has 2 fully saturated rings. The average Bonchev–Trinajstić information content (AvgIpc) is 3.05. The van der Waals surface area contributed by atoms with Crippen molar-refractivity contribution in [3.8, 4) is 0 Å². The third-order valence-corrected chi connectivity index (χ3v) is 3.97. The molecule has 1 aliphatic heterocycles. The molecule has 0 bridgehead atoms. The van der Waals surface area contributed by atoms with E-state index >= 15 is 0 Å². The van der Waals surface area contributed by atoms with E-state index in [1.165, 1.54) is 5.56 Å². The first-order valence-corrected chi connectivity index (χ1v) is 5.95. The first-order valence-electron chi connectivity index (χ1n) is 5.95. The zero-order valence-electron chi connectivity index (χ0n) is 9.32. The first kappa shape index (κ1) is 10.0. The standard InChI is InChI=1S/C14H16O2/c15-13-9-16-10-14(8-12(13)14)7-6-11-4-2-1-3-5-11/h1-5,12H,6-10H2. The lowest BCUT2D eigenvalue weighted by Gasteiger charge is -2.21. The predicted molar refractivity (Wildman–Crippen MR) is 61.1 cm³/mol. The van der Waals surface area contributed by atoms with Crippen LogP contribution in [-0.2, 0) is 16.0 Å². The van der Waals surface area contributed by atoms with Crippen LogP contribution in [0.2, 0.25) is 0 Å². The quantitative estimate of drug-likeness (QED) is 0.774. The lowest BCUT2D eigenvalue weighted by atomic mass is 9.92. The van der Waals surface area contributed by atoms with E-state index in [0.29, 0.717) is 18.3 Å². The number of carbonyl (C=O) groups excluding carboxylic acids is 1. The smallest absolute Gasteiger partial charge is 0.162 e. The molecule has 0 amide bonds. The highest BCUT2D eigenvalue weighted by atomic mass is 16.5. The van der Waals surface area contributed by atoms with Crippen molar-refractivity contribution in [2.45, 2.75) is 19.3 Å². The van der Waals surface area contributed by atoms with Gasteiger partial charge in [0.1, 0.15) is 6.61 Å². The van der Waals surface area contributed by atoms with Gasteiger partial charge >= 0.3 is 0 Å². The maximum atomic E-state index is 11.5. The zero-order chi connectivity index (χ0) is 11.0. The van der Waals surface area contributed by atoms with Crippen LogP contribution in [0.1, 0.15) is 18.4 Å². The van der Waals surface area contributed by atoms with Crippen LogP contribution in [0.5, 0.6) is 0 Å². The van der Waals surface area contributed by atoms with Crippen LogP contribution in [0.4, 0.5) is 0 Å². The fraction of sp³-hybridized carbons (Fsp3) is 0.500. The zero-order valence-corrected chi connectivity index (χ0v) is 9.32. The normalized spacial score (nSPS) is 32.2. The van der Waals surface area contributed by atoms with Crippen molar-refractivity contribution >= 4 is 5.78 Å². The fourth-order valence-corrected chi connectivity index (χ4v) is 2.80. The summed E-state index contributed by atoms with van der Waals surface area (Å²) < 4.78 is 5.38. The van der Waals surface area contributed by atoms with Gasteiger partial charge in [-0.25, -0.2) is 0 Å². The number of hydrogen-bond donors (Lipinski definition) is 0. The SMILES string of the molecule is O=C1COCC2(CCc3ccccc3)CC12. The number of aryl methyl sites for hydroxylation is 1. The highest BCUT2D eigenvalue weighted by Crippen LogP contribution is 2.58. The lowest BCUT2D eigenvalue weighted by molar-refractivity contribution is -0.130. The summed E-state index contributed by atoms with van der Waals surface area (Å²) in [6.07, 6.45) is 3.21. The molecule has 1 heterocycles. The van der Waals surface area contributed by atoms with Gasteiger partial charge in [0.15, 0.2) is 5.78 Å². The van der Waals surface area contributed by atoms with Gasteiger partial charge in [0.05, 0.1) is 6.61 Å². The van der Waals surface area contributed by atoms with Gasteiger partial charge < -0.3 is 4.74 Å². The Bertz CT molecular complexity index is 398. The number of ether oxygens (including phenoxy) is 1. The number of fused-ring (bicyclic) bond motifs is 1. The molecule has 0 aromatic heterocycles. The Morgan fingerprint density at radius 3 is 2.94 bits per heavy atom. The van der Waals surface area contributed by atoms with E-state index in [9.17, 15) is 4.79 Å². The molecule has 84 valence electrons. The lowest BCUT2D eigenvalue weighted by Crippen LogP contribution is -2.27. The van der Waals surface area contributed by atoms with Gasteiger partial charge in [-0.2, -0.15) is 0 Å². The highest BCUT2D eigenvalue weighted by molar-refractivity contribution is 5.86. The van der Waals surface area contributed by atoms with Crippen LogP contribution in [0, 0.1) is 11.3 Å². The van der Waals surface area contributed by atoms with Crippen molar-refractivity contribution in [3.63, 3.8) is 0 Å². The van der Waals surface area contributed by atoms with E-state index < -0.39 is 0 Å². The topological polar surface area (TPSA) is 26.3 Å². The molecule has 2 unspecified atom stereocenters. The Morgan fingerprint density at radius 2 is 2.12 bits per heavy atom. The molecular weight excluding hydrogens is 200 g/mol. The van der Waals surface area contributed by atoms with Gasteiger partial charge in [-0.05, 0) is 24.8 Å². The van der Waals surface area contributed by atoms with Crippen LogP contribution in [0.25, 0.3) is 0 Å². The molecule has 1 aliphatic carbocycles. The predicted octanol–water partition coefficient (Wildman–Crippen LogP) is 2.22. The summed E-state index contributed by atoms with van der Waals surface area (Å²) in [6.45, 7) is 1.13. The molecule has 0 spiro atoms. The van der Waals surface area contributed by atoms with Crippen LogP contribution < -0.4 is 0 Å². The van der Waals surface area contributed by atoms with Crippen molar-refractivity contribution in [3.05, 3.63) is 35.9 Å². The van der Waals surface area contributed by atoms with Crippen molar-refractivity contribution in [1.82, 2.24) is 0 Å². The fourth-order valence-electron chi connectivity index (χ4n) is 2.80. The van der Waals surface area contributed by atoms with Gasteiger partial charge in [0.2, 0.25) is 0 Å². The number of Topliss-reactive ketones (excluding diaryl/α,β-unsaturated/α-hetero) is 1. The number of hydrogen-bond acceptors (Lipinski definition) is 2. The summed E-state index contributed by atoms with van der Waals surface area (Å²) in [5, 5.41) is 0. The second kappa shape index (κ2) is 3.70. The molecule has 2 nitrogen and oxygen atoms in total. The minimum absolute atomic E-state index is 0.200. The van der Waals surface area contributed by atoms with Gasteiger partial charge in [-0.15, -0.1) is 0 Å². The molecule has 1 aromatic rings. The van der Waals surface area contributed by atoms with Crippen molar-refractivity contribution < 1.29 is 9.53 Å². The molecule has 2 heteroatoms. The molecule has 1 saturated heterocycles. The van der Waals surface area contributed by atoms with Gasteiger partial charge in [-0.1, -0.05) is 30.3 Å². The summed E-state index contributed by atoms with van der Waals surface area (Å²) in [5.74, 6) is 0.629. The Labute approximate surface area is 95.6 Å². The van der Waals surface area contributed by atoms with Crippen LogP contribution in [0.3, 0.4) is 0 Å². The monoisotopic (exact) mass is 216 g/mol. The highest BCUT2D eigenvalue weighted by Gasteiger charge is 2.59. The van der Waals surface area contributed by atoms with E-state index in [0.717, 1.165) is 25.9 Å². The average molecular weight is 216 g/mol. The van der Waals surface area contributed by atoms with Crippen LogP contribution in [-0.4, -0.2) is 19.0 Å². The molecule has 2 atom stereocenters. The largest absolute Gasteiger partial charge is 0.373 e. The number of ketones is 1. The molecule has 0 N–H and O–H groups in total. The number of carbonyl (C=O) groups is 1. The van der Waals surface area contributed by atoms with E-state index in [1.807, 2.05) is 6.07 Å². The summed E-state index contributed by atoms with van der Waals surface area (Å²) in [5.41, 5.74) is 1.56. The van der Waals surface area contributed by atoms with Crippen LogP contribution in [0.15, 0.2) is 30.3 Å². The summed E-state index contributed by atoms with van der Waals surface area (Å²) in [4.78, 5) is 11.5. The van der Waals surface area contributed by atoms with Gasteiger partial charge in [-0.3, -0.25) is 4.79 Å². The summed E-state index contributed by atoms with van der Waals surface area (Å²) in [6, 6.07) is 10.5. The molecular formula is C14H16O2. The van der Waals surface area contributed by atoms with E-state index in [-0.39, 0.29) is 5.41 Å². The second-order valence-corrected chi connectivity index (χ2v) is 5.06. The van der Waals surface area contributed by atoms with E-state index in [1.54, 1.807) is 0 Å². The molecule has 1 saturated carbocycles. The molecule has 2 aliphatic rings. The Kier molecular flexibility index (Phi) is 2.32. The third-order valence-electron chi connectivity index (χ3n) is 3.97. The Morgan fingerprint density at radius 1 is 1.31 bits per heavy atom. The third kappa shape index (κ3) is 1.67. The van der Waals surface area contributed by atoms with Crippen molar-refractivity contribution in [2.24, 2.45) is 11.3 Å². The van der Waals surface area contributed by atoms with Crippen molar-refractivity contribution in [2.75, 3.05) is 13.2 Å². The van der Waals surface area contributed by atoms with Crippen LogP contribution >= 0.6 is 0 Å². The van der Waals surface area contributed by atoms with E-state index in [2.05, 4.69) is 24.3 Å². The summed E-state index contributed by atoms with van der Waals surface area (Å²) >= 11 is 0. The molecule has 0 radical (unpaired) electrons. The van der Waals surface area contributed by atoms with Crippen molar-refractivity contribution in [1.29, 1.82) is 0 Å². The Balaban J connectivity index is 1.62. The molecule has 1 aromatic carbocycles. The number of rotatable bonds is 3. The summed E-state index contributed by atoms with van der Waals surface area (Å²) in [7, 11) is 0. The Hall–Kier alpha value is -1.15.